The molecule has 0 saturated carbocycles. The molecule has 2 heterocycles. The van der Waals surface area contributed by atoms with Crippen LogP contribution in [0.5, 0.6) is 0 Å². The van der Waals surface area contributed by atoms with Gasteiger partial charge in [0.25, 0.3) is 5.91 Å². The molecule has 2 unspecified atom stereocenters. The second-order valence-corrected chi connectivity index (χ2v) is 5.55. The lowest BCUT2D eigenvalue weighted by Crippen LogP contribution is -2.45. The molecule has 2 aromatic heterocycles. The molecule has 7 heteroatoms. The first kappa shape index (κ1) is 15.2. The van der Waals surface area contributed by atoms with Crippen molar-refractivity contribution < 1.29 is 19.1 Å². The molecule has 0 fully saturated rings. The van der Waals surface area contributed by atoms with Gasteiger partial charge in [-0.25, -0.2) is 9.78 Å². The van der Waals surface area contributed by atoms with E-state index in [2.05, 4.69) is 10.3 Å². The van der Waals surface area contributed by atoms with Gasteiger partial charge in [-0.3, -0.25) is 4.79 Å². The number of rotatable bonds is 6. The second kappa shape index (κ2) is 6.53. The number of carboxylic acid groups (broad SMARTS) is 1. The summed E-state index contributed by atoms with van der Waals surface area (Å²) in [5, 5.41) is 13.9. The highest BCUT2D eigenvalue weighted by molar-refractivity contribution is 7.13. The zero-order chi connectivity index (χ0) is 15.4. The lowest BCUT2D eigenvalue weighted by atomic mass is 9.99. The Morgan fingerprint density at radius 1 is 1.52 bits per heavy atom. The maximum atomic E-state index is 12.1. The number of carboxylic acids is 1. The molecular formula is C14H16N2O4S. The van der Waals surface area contributed by atoms with E-state index in [1.165, 1.54) is 17.6 Å². The fourth-order valence-electron chi connectivity index (χ4n) is 1.79. The van der Waals surface area contributed by atoms with Crippen LogP contribution in [-0.2, 0) is 4.79 Å². The van der Waals surface area contributed by atoms with Gasteiger partial charge in [-0.1, -0.05) is 20.3 Å². The standard InChI is InChI=1S/C14H16N2O4S/c1-3-8(2)11(14(18)19)16-12(17)9-7-21-13(15-9)10-5-4-6-20-10/h4-8,11H,3H2,1-2H3,(H,16,17)(H,18,19). The van der Waals surface area contributed by atoms with Crippen LogP contribution in [0.4, 0.5) is 0 Å². The molecule has 112 valence electrons. The van der Waals surface area contributed by atoms with Crippen LogP contribution in [0, 0.1) is 5.92 Å². The van der Waals surface area contributed by atoms with E-state index in [0.717, 1.165) is 0 Å². The van der Waals surface area contributed by atoms with Gasteiger partial charge in [-0.15, -0.1) is 11.3 Å². The number of carbonyl (C=O) groups is 2. The SMILES string of the molecule is CCC(C)C(NC(=O)c1csc(-c2ccco2)n1)C(=O)O. The predicted molar refractivity (Wildman–Crippen MR) is 78.2 cm³/mol. The molecule has 2 rings (SSSR count). The molecule has 0 aliphatic heterocycles. The molecule has 1 amide bonds. The zero-order valence-corrected chi connectivity index (χ0v) is 12.5. The van der Waals surface area contributed by atoms with Crippen molar-refractivity contribution in [3.63, 3.8) is 0 Å². The fraction of sp³-hybridized carbons (Fsp3) is 0.357. The number of furan rings is 1. The molecule has 0 radical (unpaired) electrons. The smallest absolute Gasteiger partial charge is 0.326 e. The number of nitrogens with zero attached hydrogens (tertiary/aromatic N) is 1. The molecule has 0 spiro atoms. The van der Waals surface area contributed by atoms with Crippen LogP contribution in [0.1, 0.15) is 30.8 Å². The van der Waals surface area contributed by atoms with Crippen molar-refractivity contribution in [1.82, 2.24) is 10.3 Å². The Labute approximate surface area is 125 Å². The van der Waals surface area contributed by atoms with Gasteiger partial charge in [-0.05, 0) is 18.1 Å². The number of aromatic nitrogens is 1. The number of thiazole rings is 1. The maximum Gasteiger partial charge on any atom is 0.326 e. The van der Waals surface area contributed by atoms with Crippen LogP contribution >= 0.6 is 11.3 Å². The Bertz CT molecular complexity index is 621. The molecule has 21 heavy (non-hydrogen) atoms. The monoisotopic (exact) mass is 308 g/mol. The van der Waals surface area contributed by atoms with Gasteiger partial charge < -0.3 is 14.8 Å². The number of hydrogen-bond donors (Lipinski definition) is 2. The number of hydrogen-bond acceptors (Lipinski definition) is 5. The Kier molecular flexibility index (Phi) is 4.74. The fourth-order valence-corrected chi connectivity index (χ4v) is 2.56. The molecule has 0 bridgehead atoms. The minimum absolute atomic E-state index is 0.158. The maximum absolute atomic E-state index is 12.1. The van der Waals surface area contributed by atoms with Gasteiger partial charge in [0.05, 0.1) is 6.26 Å². The molecule has 6 nitrogen and oxygen atoms in total. The minimum atomic E-state index is -1.04. The Morgan fingerprint density at radius 3 is 2.86 bits per heavy atom. The van der Waals surface area contributed by atoms with Crippen LogP contribution in [0.3, 0.4) is 0 Å². The van der Waals surface area contributed by atoms with Crippen molar-refractivity contribution >= 4 is 23.2 Å². The quantitative estimate of drug-likeness (QED) is 0.855. The van der Waals surface area contributed by atoms with E-state index in [4.69, 9.17) is 4.42 Å². The highest BCUT2D eigenvalue weighted by Gasteiger charge is 2.26. The summed E-state index contributed by atoms with van der Waals surface area (Å²) in [7, 11) is 0. The summed E-state index contributed by atoms with van der Waals surface area (Å²) in [5.41, 5.74) is 0.195. The third-order valence-corrected chi connectivity index (χ3v) is 4.09. The van der Waals surface area contributed by atoms with E-state index in [-0.39, 0.29) is 11.6 Å². The number of nitrogens with one attached hydrogen (secondary N) is 1. The first-order valence-corrected chi connectivity index (χ1v) is 7.44. The topological polar surface area (TPSA) is 92.4 Å². The highest BCUT2D eigenvalue weighted by Crippen LogP contribution is 2.24. The first-order chi connectivity index (χ1) is 10.0. The molecule has 0 aliphatic rings. The van der Waals surface area contributed by atoms with Crippen molar-refractivity contribution in [3.8, 4) is 10.8 Å². The summed E-state index contributed by atoms with van der Waals surface area (Å²) in [6.07, 6.45) is 2.19. The molecule has 0 aliphatic carbocycles. The summed E-state index contributed by atoms with van der Waals surface area (Å²) in [6, 6.07) is 2.57. The molecule has 0 saturated heterocycles. The Morgan fingerprint density at radius 2 is 2.29 bits per heavy atom. The Hall–Kier alpha value is -2.15. The van der Waals surface area contributed by atoms with Crippen LogP contribution in [-0.4, -0.2) is 28.0 Å². The van der Waals surface area contributed by atoms with Crippen LogP contribution in [0.15, 0.2) is 28.2 Å². The average Bonchev–Trinajstić information content (AvgIpc) is 3.12. The second-order valence-electron chi connectivity index (χ2n) is 4.69. The van der Waals surface area contributed by atoms with Gasteiger partial charge in [0.2, 0.25) is 0 Å². The summed E-state index contributed by atoms with van der Waals surface area (Å²) in [6.45, 7) is 3.67. The summed E-state index contributed by atoms with van der Waals surface area (Å²) >= 11 is 1.27. The van der Waals surface area contributed by atoms with Gasteiger partial charge in [0.1, 0.15) is 11.7 Å². The van der Waals surface area contributed by atoms with Crippen LogP contribution < -0.4 is 5.32 Å². The highest BCUT2D eigenvalue weighted by atomic mass is 32.1. The molecular weight excluding hydrogens is 292 g/mol. The molecule has 2 N–H and O–H groups in total. The third kappa shape index (κ3) is 3.49. The number of amides is 1. The van der Waals surface area contributed by atoms with E-state index in [9.17, 15) is 14.7 Å². The zero-order valence-electron chi connectivity index (χ0n) is 11.7. The van der Waals surface area contributed by atoms with Gasteiger partial charge in [0, 0.05) is 5.38 Å². The molecule has 0 aromatic carbocycles. The average molecular weight is 308 g/mol. The van der Waals surface area contributed by atoms with Crippen LogP contribution in [0.25, 0.3) is 10.8 Å². The van der Waals surface area contributed by atoms with Crippen molar-refractivity contribution in [3.05, 3.63) is 29.5 Å². The van der Waals surface area contributed by atoms with Gasteiger partial charge in [0.15, 0.2) is 10.8 Å². The third-order valence-electron chi connectivity index (χ3n) is 3.23. The number of carbonyl (C=O) groups excluding carboxylic acids is 1. The van der Waals surface area contributed by atoms with E-state index >= 15 is 0 Å². The van der Waals surface area contributed by atoms with Crippen molar-refractivity contribution in [2.45, 2.75) is 26.3 Å². The molecule has 2 aromatic rings. The summed E-state index contributed by atoms with van der Waals surface area (Å²) < 4.78 is 5.21. The summed E-state index contributed by atoms with van der Waals surface area (Å²) in [4.78, 5) is 27.5. The lowest BCUT2D eigenvalue weighted by Gasteiger charge is -2.19. The largest absolute Gasteiger partial charge is 0.480 e. The Balaban J connectivity index is 2.11. The minimum Gasteiger partial charge on any atom is -0.480 e. The van der Waals surface area contributed by atoms with Gasteiger partial charge in [-0.2, -0.15) is 0 Å². The summed E-state index contributed by atoms with van der Waals surface area (Å²) in [5.74, 6) is -1.11. The normalized spacial score (nSPS) is 13.6. The van der Waals surface area contributed by atoms with E-state index in [1.54, 1.807) is 24.4 Å². The molecule has 2 atom stereocenters. The number of aliphatic carboxylic acids is 1. The van der Waals surface area contributed by atoms with Crippen molar-refractivity contribution in [2.24, 2.45) is 5.92 Å². The van der Waals surface area contributed by atoms with E-state index in [0.29, 0.717) is 17.2 Å². The van der Waals surface area contributed by atoms with Crippen LogP contribution in [0.2, 0.25) is 0 Å². The predicted octanol–water partition coefficient (Wildman–Crippen LogP) is 2.63. The van der Waals surface area contributed by atoms with Crippen molar-refractivity contribution in [2.75, 3.05) is 0 Å². The van der Waals surface area contributed by atoms with E-state index < -0.39 is 17.9 Å². The van der Waals surface area contributed by atoms with Crippen molar-refractivity contribution in [1.29, 1.82) is 0 Å². The first-order valence-electron chi connectivity index (χ1n) is 6.56. The lowest BCUT2D eigenvalue weighted by molar-refractivity contribution is -0.140. The van der Waals surface area contributed by atoms with E-state index in [1.807, 2.05) is 6.92 Å². The van der Waals surface area contributed by atoms with Gasteiger partial charge >= 0.3 is 5.97 Å².